The molecule has 1 aliphatic carbocycles. The predicted molar refractivity (Wildman–Crippen MR) is 123 cm³/mol. The number of aliphatic hydroxyl groups excluding tert-OH is 1. The van der Waals surface area contributed by atoms with Gasteiger partial charge in [-0.2, -0.15) is 0 Å². The Kier molecular flexibility index (Phi) is 21.0. The number of unbranched alkanes of at least 4 members (excludes halogenated alkanes) is 12. The first-order valence-electron chi connectivity index (χ1n) is 12.4. The van der Waals surface area contributed by atoms with Crippen LogP contribution in [0.5, 0.6) is 0 Å². The van der Waals surface area contributed by atoms with Gasteiger partial charge < -0.3 is 25.2 Å². The number of carbonyl (C=O) groups is 1. The molecule has 1 saturated carbocycles. The third-order valence-electron chi connectivity index (χ3n) is 6.31. The van der Waals surface area contributed by atoms with Gasteiger partial charge in [-0.25, -0.2) is 4.79 Å². The van der Waals surface area contributed by atoms with E-state index in [0.717, 1.165) is 12.8 Å². The maximum absolute atomic E-state index is 12.2. The smallest absolute Gasteiger partial charge is 0.315 e. The van der Waals surface area contributed by atoms with E-state index in [4.69, 9.17) is 9.47 Å². The summed E-state index contributed by atoms with van der Waals surface area (Å²) in [6.07, 6.45) is 16.8. The molecule has 4 atom stereocenters. The van der Waals surface area contributed by atoms with Gasteiger partial charge in [0, 0.05) is 59.4 Å². The van der Waals surface area contributed by atoms with Gasteiger partial charge in [0.05, 0.1) is 18.8 Å². The fraction of sp³-hybridized carbons (Fsp3) is 0.958. The summed E-state index contributed by atoms with van der Waals surface area (Å²) in [7, 11) is 3.20. The topological polar surface area (TPSA) is 79.8 Å². The van der Waals surface area contributed by atoms with E-state index in [-0.39, 0.29) is 56.8 Å². The molecule has 0 aromatic rings. The van der Waals surface area contributed by atoms with Gasteiger partial charge in [-0.1, -0.05) is 84.0 Å². The Hall–Kier alpha value is 0.254. The molecular weight excluding hydrogens is 469 g/mol. The largest absolute Gasteiger partial charge is 0.390 e. The minimum absolute atomic E-state index is 0. The van der Waals surface area contributed by atoms with Crippen LogP contribution in [-0.4, -0.2) is 56.8 Å². The number of urea groups is 1. The number of carbonyl (C=O) groups excluding carboxylic acids is 1. The van der Waals surface area contributed by atoms with Crippen molar-refractivity contribution in [1.29, 1.82) is 0 Å². The number of amides is 2. The summed E-state index contributed by atoms with van der Waals surface area (Å²) in [5.41, 5.74) is 0. The minimum atomic E-state index is -0.610. The van der Waals surface area contributed by atoms with Gasteiger partial charge in [-0.05, 0) is 12.8 Å². The fourth-order valence-corrected chi connectivity index (χ4v) is 4.50. The van der Waals surface area contributed by atoms with Crippen LogP contribution in [0, 0.1) is 5.92 Å². The van der Waals surface area contributed by atoms with Crippen LogP contribution in [0.15, 0.2) is 0 Å². The molecule has 2 amide bonds. The standard InChI is InChI=1S/C24H48N2O4.Y/c1-4-5-6-7-8-9-10-11-12-13-14-15-16-17-25-24(28)26-21-18-20(19-29-2)22(27)23(21)30-3;/h20-23,27H,4-19H2,1-3H3,(H2,25,26,28);/t20-,21-,22+,23?;/m1./s1. The number of hydrogen-bond acceptors (Lipinski definition) is 4. The Balaban J connectivity index is 0.00000900. The molecule has 0 aromatic heterocycles. The molecule has 1 radical (unpaired) electrons. The summed E-state index contributed by atoms with van der Waals surface area (Å²) in [6, 6.07) is -0.358. The summed E-state index contributed by atoms with van der Waals surface area (Å²) in [5, 5.41) is 16.2. The number of nitrogens with one attached hydrogen (secondary N) is 2. The van der Waals surface area contributed by atoms with E-state index >= 15 is 0 Å². The summed E-state index contributed by atoms with van der Waals surface area (Å²) in [5.74, 6) is -0.00805. The predicted octanol–water partition coefficient (Wildman–Crippen LogP) is 4.79. The maximum Gasteiger partial charge on any atom is 0.315 e. The van der Waals surface area contributed by atoms with Gasteiger partial charge in [0.1, 0.15) is 6.10 Å². The Labute approximate surface area is 216 Å². The molecule has 7 heteroatoms. The Bertz CT molecular complexity index is 428. The molecule has 181 valence electrons. The quantitative estimate of drug-likeness (QED) is 0.229. The van der Waals surface area contributed by atoms with Gasteiger partial charge in [-0.15, -0.1) is 0 Å². The molecule has 1 aliphatic rings. The Morgan fingerprint density at radius 2 is 1.42 bits per heavy atom. The molecule has 31 heavy (non-hydrogen) atoms. The summed E-state index contributed by atoms with van der Waals surface area (Å²) < 4.78 is 10.5. The van der Waals surface area contributed by atoms with Gasteiger partial charge in [0.15, 0.2) is 0 Å². The average molecular weight is 518 g/mol. The third kappa shape index (κ3) is 14.2. The molecule has 0 heterocycles. The van der Waals surface area contributed by atoms with E-state index in [0.29, 0.717) is 19.6 Å². The second-order valence-electron chi connectivity index (χ2n) is 8.89. The van der Waals surface area contributed by atoms with Crippen molar-refractivity contribution in [3.63, 3.8) is 0 Å². The summed E-state index contributed by atoms with van der Waals surface area (Å²) in [6.45, 7) is 3.43. The first-order chi connectivity index (χ1) is 14.6. The molecule has 3 N–H and O–H groups in total. The van der Waals surface area contributed by atoms with Crippen molar-refractivity contribution in [2.45, 2.75) is 115 Å². The zero-order valence-electron chi connectivity index (χ0n) is 20.4. The van der Waals surface area contributed by atoms with E-state index in [2.05, 4.69) is 17.6 Å². The van der Waals surface area contributed by atoms with Crippen molar-refractivity contribution in [2.24, 2.45) is 5.92 Å². The number of ether oxygens (including phenoxy) is 2. The van der Waals surface area contributed by atoms with Crippen LogP contribution in [0.4, 0.5) is 4.79 Å². The van der Waals surface area contributed by atoms with Crippen LogP contribution in [-0.2, 0) is 42.2 Å². The van der Waals surface area contributed by atoms with Gasteiger partial charge in [-0.3, -0.25) is 0 Å². The first kappa shape index (κ1) is 31.3. The normalized spacial score (nSPS) is 22.8. The van der Waals surface area contributed by atoms with Crippen molar-refractivity contribution >= 4 is 6.03 Å². The number of rotatable bonds is 18. The molecule has 1 unspecified atom stereocenters. The van der Waals surface area contributed by atoms with Crippen molar-refractivity contribution in [1.82, 2.24) is 10.6 Å². The number of hydrogen-bond donors (Lipinski definition) is 3. The van der Waals surface area contributed by atoms with Crippen molar-refractivity contribution in [3.8, 4) is 0 Å². The monoisotopic (exact) mass is 517 g/mol. The first-order valence-corrected chi connectivity index (χ1v) is 12.4. The number of aliphatic hydroxyl groups is 1. The van der Waals surface area contributed by atoms with Crippen LogP contribution in [0.25, 0.3) is 0 Å². The van der Waals surface area contributed by atoms with E-state index in [1.54, 1.807) is 14.2 Å². The fourth-order valence-electron chi connectivity index (χ4n) is 4.50. The Morgan fingerprint density at radius 3 is 1.90 bits per heavy atom. The Morgan fingerprint density at radius 1 is 0.903 bits per heavy atom. The van der Waals surface area contributed by atoms with E-state index in [1.807, 2.05) is 0 Å². The van der Waals surface area contributed by atoms with Crippen LogP contribution >= 0.6 is 0 Å². The molecule has 0 aliphatic heterocycles. The summed E-state index contributed by atoms with van der Waals surface area (Å²) >= 11 is 0. The molecule has 0 spiro atoms. The molecule has 6 nitrogen and oxygen atoms in total. The van der Waals surface area contributed by atoms with E-state index in [9.17, 15) is 9.90 Å². The summed E-state index contributed by atoms with van der Waals surface area (Å²) in [4.78, 5) is 12.2. The van der Waals surface area contributed by atoms with Gasteiger partial charge in [0.2, 0.25) is 0 Å². The molecule has 0 saturated heterocycles. The second-order valence-corrected chi connectivity index (χ2v) is 8.89. The van der Waals surface area contributed by atoms with Crippen molar-refractivity contribution < 1.29 is 52.1 Å². The minimum Gasteiger partial charge on any atom is -0.390 e. The van der Waals surface area contributed by atoms with Gasteiger partial charge >= 0.3 is 6.03 Å². The van der Waals surface area contributed by atoms with Crippen LogP contribution < -0.4 is 10.6 Å². The van der Waals surface area contributed by atoms with Crippen LogP contribution in [0.2, 0.25) is 0 Å². The maximum atomic E-state index is 12.2. The molecule has 0 aromatic carbocycles. The van der Waals surface area contributed by atoms with E-state index < -0.39 is 6.10 Å². The zero-order chi connectivity index (χ0) is 22.0. The molecular formula is C24H48N2O4Y. The second kappa shape index (κ2) is 20.8. The van der Waals surface area contributed by atoms with Crippen LogP contribution in [0.1, 0.15) is 96.8 Å². The van der Waals surface area contributed by atoms with Crippen molar-refractivity contribution in [3.05, 3.63) is 0 Å². The molecule has 1 fully saturated rings. The van der Waals surface area contributed by atoms with Gasteiger partial charge in [0.25, 0.3) is 0 Å². The molecule has 0 bridgehead atoms. The van der Waals surface area contributed by atoms with Crippen molar-refractivity contribution in [2.75, 3.05) is 27.4 Å². The number of methoxy groups -OCH3 is 2. The SMILES string of the molecule is CCCCCCCCCCCCCCCNC(=O)N[C@@H]1C[C@H](COC)[C@H](O)C1OC.[Y]. The van der Waals surface area contributed by atoms with Crippen LogP contribution in [0.3, 0.4) is 0 Å². The molecule has 1 rings (SSSR count). The third-order valence-corrected chi connectivity index (χ3v) is 6.31. The average Bonchev–Trinajstić information content (AvgIpc) is 3.02. The zero-order valence-corrected chi connectivity index (χ0v) is 23.2. The van der Waals surface area contributed by atoms with E-state index in [1.165, 1.54) is 70.6 Å².